The lowest BCUT2D eigenvalue weighted by atomic mass is 9.89. The van der Waals surface area contributed by atoms with Crippen LogP contribution in [0.2, 0.25) is 10.0 Å². The Hall–Kier alpha value is -1.69. The van der Waals surface area contributed by atoms with Gasteiger partial charge in [0.25, 0.3) is 5.91 Å². The second kappa shape index (κ2) is 7.28. The summed E-state index contributed by atoms with van der Waals surface area (Å²) in [6.07, 6.45) is 0.881. The van der Waals surface area contributed by atoms with Crippen LogP contribution in [-0.4, -0.2) is 16.8 Å². The number of aliphatic imine (C=N–C) groups is 1. The van der Waals surface area contributed by atoms with Crippen molar-refractivity contribution in [2.45, 2.75) is 18.9 Å². The van der Waals surface area contributed by atoms with E-state index < -0.39 is 5.54 Å². The molecule has 0 spiro atoms. The Morgan fingerprint density at radius 3 is 2.60 bits per heavy atom. The summed E-state index contributed by atoms with van der Waals surface area (Å²) < 4.78 is 0. The number of nitrogens with zero attached hydrogens (tertiary/aromatic N) is 1. The van der Waals surface area contributed by atoms with Gasteiger partial charge >= 0.3 is 0 Å². The van der Waals surface area contributed by atoms with Crippen LogP contribution in [-0.2, 0) is 5.54 Å². The van der Waals surface area contributed by atoms with Crippen molar-refractivity contribution in [3.8, 4) is 0 Å². The van der Waals surface area contributed by atoms with Gasteiger partial charge in [-0.3, -0.25) is 9.79 Å². The molecule has 1 atom stereocenters. The van der Waals surface area contributed by atoms with Crippen LogP contribution >= 0.6 is 35.0 Å². The van der Waals surface area contributed by atoms with Gasteiger partial charge in [0.1, 0.15) is 0 Å². The van der Waals surface area contributed by atoms with Gasteiger partial charge in [-0.2, -0.15) is 0 Å². The summed E-state index contributed by atoms with van der Waals surface area (Å²) in [5.74, 6) is 0.567. The molecule has 25 heavy (non-hydrogen) atoms. The largest absolute Gasteiger partial charge is 0.379 e. The highest BCUT2D eigenvalue weighted by Gasteiger charge is 2.29. The molecule has 7 heteroatoms. The fraction of sp³-hybridized carbons (Fsp3) is 0.222. The molecule has 0 fully saturated rings. The van der Waals surface area contributed by atoms with Gasteiger partial charge < -0.3 is 11.1 Å². The molecule has 1 heterocycles. The van der Waals surface area contributed by atoms with Crippen molar-refractivity contribution in [3.05, 3.63) is 63.6 Å². The summed E-state index contributed by atoms with van der Waals surface area (Å²) in [6, 6.07) is 12.6. The Morgan fingerprint density at radius 2 is 1.92 bits per heavy atom. The van der Waals surface area contributed by atoms with E-state index in [0.29, 0.717) is 20.9 Å². The number of nitrogens with one attached hydrogen (secondary N) is 1. The molecule has 3 rings (SSSR count). The highest BCUT2D eigenvalue weighted by molar-refractivity contribution is 8.13. The Balaban J connectivity index is 1.88. The minimum absolute atomic E-state index is 0.263. The molecule has 0 saturated carbocycles. The summed E-state index contributed by atoms with van der Waals surface area (Å²) in [6.45, 7) is 2.05. The number of thioether (sulfide) groups is 1. The smallest absolute Gasteiger partial charge is 0.258 e. The van der Waals surface area contributed by atoms with Crippen LogP contribution in [0.15, 0.2) is 47.5 Å². The highest BCUT2D eigenvalue weighted by atomic mass is 35.5. The lowest BCUT2D eigenvalue weighted by Gasteiger charge is -2.30. The van der Waals surface area contributed by atoms with Crippen molar-refractivity contribution in [1.82, 2.24) is 0 Å². The maximum atomic E-state index is 12.5. The molecule has 1 aliphatic rings. The first-order chi connectivity index (χ1) is 11.9. The number of hydrogen-bond acceptors (Lipinski definition) is 4. The second-order valence-corrected chi connectivity index (χ2v) is 7.88. The number of carbonyl (C=O) groups is 1. The molecule has 2 aromatic carbocycles. The number of nitrogens with two attached hydrogens (primary N) is 1. The summed E-state index contributed by atoms with van der Waals surface area (Å²) in [7, 11) is 0. The van der Waals surface area contributed by atoms with Crippen molar-refractivity contribution in [3.63, 3.8) is 0 Å². The number of anilines is 1. The summed E-state index contributed by atoms with van der Waals surface area (Å²) >= 11 is 13.8. The fourth-order valence-corrected chi connectivity index (χ4v) is 4.28. The normalized spacial score (nSPS) is 20.0. The van der Waals surface area contributed by atoms with Gasteiger partial charge in [0.15, 0.2) is 5.17 Å². The number of amidine groups is 1. The van der Waals surface area contributed by atoms with E-state index in [1.807, 2.05) is 31.2 Å². The average molecular weight is 394 g/mol. The van der Waals surface area contributed by atoms with Crippen molar-refractivity contribution in [2.75, 3.05) is 11.1 Å². The summed E-state index contributed by atoms with van der Waals surface area (Å²) in [5, 5.41) is 4.07. The number of rotatable bonds is 3. The van der Waals surface area contributed by atoms with Crippen LogP contribution in [0.4, 0.5) is 5.69 Å². The predicted octanol–water partition coefficient (Wildman–Crippen LogP) is 4.91. The quantitative estimate of drug-likeness (QED) is 0.777. The zero-order valence-electron chi connectivity index (χ0n) is 13.6. The van der Waals surface area contributed by atoms with Crippen LogP contribution in [0.25, 0.3) is 0 Å². The maximum Gasteiger partial charge on any atom is 0.258 e. The molecule has 3 N–H and O–H groups in total. The third-order valence-corrected chi connectivity index (χ3v) is 5.55. The van der Waals surface area contributed by atoms with E-state index in [9.17, 15) is 4.79 Å². The van der Waals surface area contributed by atoms with Gasteiger partial charge in [0.2, 0.25) is 0 Å². The van der Waals surface area contributed by atoms with Gasteiger partial charge in [-0.15, -0.1) is 0 Å². The van der Waals surface area contributed by atoms with Crippen LogP contribution in [0, 0.1) is 0 Å². The minimum atomic E-state index is -0.391. The average Bonchev–Trinajstić information content (AvgIpc) is 2.55. The van der Waals surface area contributed by atoms with Gasteiger partial charge in [0, 0.05) is 11.4 Å². The molecular weight excluding hydrogens is 377 g/mol. The van der Waals surface area contributed by atoms with E-state index in [0.717, 1.165) is 17.7 Å². The molecule has 0 saturated heterocycles. The molecule has 0 radical (unpaired) electrons. The van der Waals surface area contributed by atoms with E-state index in [-0.39, 0.29) is 11.5 Å². The Bertz CT molecular complexity index is 836. The topological polar surface area (TPSA) is 67.5 Å². The Labute approximate surface area is 160 Å². The monoisotopic (exact) mass is 393 g/mol. The summed E-state index contributed by atoms with van der Waals surface area (Å²) in [5.41, 5.74) is 7.42. The van der Waals surface area contributed by atoms with Crippen LogP contribution < -0.4 is 11.1 Å². The van der Waals surface area contributed by atoms with E-state index in [2.05, 4.69) is 10.3 Å². The molecule has 0 aromatic heterocycles. The molecule has 1 aliphatic heterocycles. The molecule has 130 valence electrons. The third-order valence-electron chi connectivity index (χ3n) is 4.13. The first-order valence-electron chi connectivity index (χ1n) is 7.73. The standard InChI is InChI=1S/C18H17Cl2N3OS/c1-18(8-9-25-17(21)23-18)11-4-2-5-12(10-11)22-16(24)15-13(19)6-3-7-14(15)20/h2-7,10H,8-9H2,1H3,(H2,21,23)(H,22,24). The molecule has 4 nitrogen and oxygen atoms in total. The summed E-state index contributed by atoms with van der Waals surface area (Å²) in [4.78, 5) is 17.1. The van der Waals surface area contributed by atoms with E-state index in [4.69, 9.17) is 28.9 Å². The van der Waals surface area contributed by atoms with Crippen LogP contribution in [0.5, 0.6) is 0 Å². The SMILES string of the molecule is CC1(c2cccc(NC(=O)c3c(Cl)cccc3Cl)c2)CCSC(N)=N1. The van der Waals surface area contributed by atoms with Crippen LogP contribution in [0.1, 0.15) is 29.3 Å². The molecule has 1 amide bonds. The number of hydrogen-bond donors (Lipinski definition) is 2. The van der Waals surface area contributed by atoms with Crippen molar-refractivity contribution < 1.29 is 4.79 Å². The number of amides is 1. The van der Waals surface area contributed by atoms with Crippen molar-refractivity contribution in [1.29, 1.82) is 0 Å². The van der Waals surface area contributed by atoms with Crippen molar-refractivity contribution in [2.24, 2.45) is 10.7 Å². The van der Waals surface area contributed by atoms with Crippen molar-refractivity contribution >= 4 is 51.7 Å². The van der Waals surface area contributed by atoms with Gasteiger partial charge in [-0.1, -0.05) is 53.2 Å². The third kappa shape index (κ3) is 3.94. The first-order valence-corrected chi connectivity index (χ1v) is 9.47. The maximum absolute atomic E-state index is 12.5. The number of halogens is 2. The van der Waals surface area contributed by atoms with E-state index >= 15 is 0 Å². The van der Waals surface area contributed by atoms with E-state index in [1.54, 1.807) is 30.0 Å². The zero-order valence-corrected chi connectivity index (χ0v) is 15.9. The van der Waals surface area contributed by atoms with Gasteiger partial charge in [-0.05, 0) is 43.2 Å². The first kappa shape index (κ1) is 18.1. The highest BCUT2D eigenvalue weighted by Crippen LogP contribution is 2.36. The lowest BCUT2D eigenvalue weighted by Crippen LogP contribution is -2.28. The second-order valence-electron chi connectivity index (χ2n) is 5.95. The molecule has 2 aromatic rings. The predicted molar refractivity (Wildman–Crippen MR) is 107 cm³/mol. The zero-order chi connectivity index (χ0) is 18.0. The molecule has 0 bridgehead atoms. The van der Waals surface area contributed by atoms with Crippen LogP contribution in [0.3, 0.4) is 0 Å². The Kier molecular flexibility index (Phi) is 5.27. The molecular formula is C18H17Cl2N3OS. The number of carbonyl (C=O) groups excluding carboxylic acids is 1. The number of benzene rings is 2. The molecule has 0 aliphatic carbocycles. The molecule has 1 unspecified atom stereocenters. The Morgan fingerprint density at radius 1 is 1.24 bits per heavy atom. The lowest BCUT2D eigenvalue weighted by molar-refractivity contribution is 0.102. The minimum Gasteiger partial charge on any atom is -0.379 e. The van der Waals surface area contributed by atoms with Gasteiger partial charge in [0.05, 0.1) is 21.1 Å². The fourth-order valence-electron chi connectivity index (χ4n) is 2.73. The van der Waals surface area contributed by atoms with Gasteiger partial charge in [-0.25, -0.2) is 0 Å². The van der Waals surface area contributed by atoms with E-state index in [1.165, 1.54) is 0 Å².